The van der Waals surface area contributed by atoms with Crippen LogP contribution in [0.1, 0.15) is 35.3 Å². The van der Waals surface area contributed by atoms with Crippen LogP contribution in [0.4, 0.5) is 13.2 Å². The minimum absolute atomic E-state index is 0.0364. The third-order valence-electron chi connectivity index (χ3n) is 3.62. The van der Waals surface area contributed by atoms with Crippen LogP contribution in [0.3, 0.4) is 0 Å². The van der Waals surface area contributed by atoms with Gasteiger partial charge in [0, 0.05) is 24.1 Å². The van der Waals surface area contributed by atoms with Gasteiger partial charge in [0.1, 0.15) is 17.5 Å². The molecule has 0 saturated carbocycles. The van der Waals surface area contributed by atoms with Crippen molar-refractivity contribution in [3.8, 4) is 0 Å². The average molecular weight is 385 g/mol. The van der Waals surface area contributed by atoms with Gasteiger partial charge in [0.2, 0.25) is 5.91 Å². The summed E-state index contributed by atoms with van der Waals surface area (Å²) in [5, 5.41) is 5.24. The smallest absolute Gasteiger partial charge is 0.254 e. The van der Waals surface area contributed by atoms with Crippen molar-refractivity contribution in [2.45, 2.75) is 19.4 Å². The number of carbonyl (C=O) groups is 2. The standard InChI is InChI=1S/C18H16ClF3N2O2/c1-10(13-4-2-11(20)8-15(13)19)24-17(25)6-7-23-18(26)14-5-3-12(21)9-16(14)22/h2-5,8-10H,6-7H2,1H3,(H,23,26)(H,24,25). The summed E-state index contributed by atoms with van der Waals surface area (Å²) in [6.45, 7) is 1.65. The Bertz CT molecular complexity index is 830. The molecule has 1 atom stereocenters. The van der Waals surface area contributed by atoms with E-state index in [1.807, 2.05) is 0 Å². The van der Waals surface area contributed by atoms with Gasteiger partial charge >= 0.3 is 0 Å². The van der Waals surface area contributed by atoms with Crippen LogP contribution in [0, 0.1) is 17.5 Å². The van der Waals surface area contributed by atoms with Gasteiger partial charge in [0.05, 0.1) is 11.6 Å². The molecule has 0 aliphatic rings. The molecule has 2 amide bonds. The molecule has 2 N–H and O–H groups in total. The van der Waals surface area contributed by atoms with Crippen LogP contribution >= 0.6 is 11.6 Å². The molecule has 0 heterocycles. The van der Waals surface area contributed by atoms with Crippen molar-refractivity contribution in [2.24, 2.45) is 0 Å². The molecule has 0 saturated heterocycles. The van der Waals surface area contributed by atoms with Crippen molar-refractivity contribution < 1.29 is 22.8 Å². The highest BCUT2D eigenvalue weighted by Crippen LogP contribution is 2.23. The van der Waals surface area contributed by atoms with E-state index in [0.29, 0.717) is 11.6 Å². The number of halogens is 4. The highest BCUT2D eigenvalue weighted by molar-refractivity contribution is 6.31. The van der Waals surface area contributed by atoms with Crippen molar-refractivity contribution in [3.63, 3.8) is 0 Å². The van der Waals surface area contributed by atoms with Crippen molar-refractivity contribution in [1.82, 2.24) is 10.6 Å². The maximum Gasteiger partial charge on any atom is 0.254 e. The number of amides is 2. The maximum atomic E-state index is 13.5. The molecule has 4 nitrogen and oxygen atoms in total. The Morgan fingerprint density at radius 3 is 2.38 bits per heavy atom. The molecule has 0 fully saturated rings. The van der Waals surface area contributed by atoms with E-state index in [4.69, 9.17) is 11.6 Å². The molecule has 8 heteroatoms. The Labute approximate surface area is 153 Å². The quantitative estimate of drug-likeness (QED) is 0.796. The van der Waals surface area contributed by atoms with Gasteiger partial charge in [-0.25, -0.2) is 13.2 Å². The van der Waals surface area contributed by atoms with Crippen molar-refractivity contribution in [2.75, 3.05) is 6.54 Å². The van der Waals surface area contributed by atoms with E-state index in [0.717, 1.165) is 18.2 Å². The molecule has 2 aromatic carbocycles. The predicted molar refractivity (Wildman–Crippen MR) is 91.3 cm³/mol. The van der Waals surface area contributed by atoms with Crippen molar-refractivity contribution >= 4 is 23.4 Å². The van der Waals surface area contributed by atoms with Gasteiger partial charge in [0.15, 0.2) is 0 Å². The van der Waals surface area contributed by atoms with Gasteiger partial charge in [0.25, 0.3) is 5.91 Å². The minimum Gasteiger partial charge on any atom is -0.351 e. The maximum absolute atomic E-state index is 13.5. The lowest BCUT2D eigenvalue weighted by Gasteiger charge is -2.16. The van der Waals surface area contributed by atoms with Crippen molar-refractivity contribution in [1.29, 1.82) is 0 Å². The molecule has 0 bridgehead atoms. The Kier molecular flexibility index (Phi) is 6.63. The fourth-order valence-corrected chi connectivity index (χ4v) is 2.63. The minimum atomic E-state index is -0.980. The van der Waals surface area contributed by atoms with Gasteiger partial charge in [-0.05, 0) is 36.8 Å². The molecular weight excluding hydrogens is 369 g/mol. The van der Waals surface area contributed by atoms with E-state index in [9.17, 15) is 22.8 Å². The Hall–Kier alpha value is -2.54. The molecule has 26 heavy (non-hydrogen) atoms. The molecule has 1 unspecified atom stereocenters. The summed E-state index contributed by atoms with van der Waals surface area (Å²) < 4.78 is 39.4. The predicted octanol–water partition coefficient (Wildman–Crippen LogP) is 3.75. The zero-order chi connectivity index (χ0) is 19.3. The van der Waals surface area contributed by atoms with Gasteiger partial charge in [-0.3, -0.25) is 9.59 Å². The lowest BCUT2D eigenvalue weighted by molar-refractivity contribution is -0.121. The molecule has 0 aliphatic heterocycles. The lowest BCUT2D eigenvalue weighted by atomic mass is 10.1. The summed E-state index contributed by atoms with van der Waals surface area (Å²) in [5.74, 6) is -3.37. The van der Waals surface area contributed by atoms with Crippen LogP contribution in [0.2, 0.25) is 5.02 Å². The summed E-state index contributed by atoms with van der Waals surface area (Å²) in [6, 6.07) is 6.01. The normalized spacial score (nSPS) is 11.7. The second-order valence-electron chi connectivity index (χ2n) is 5.59. The van der Waals surface area contributed by atoms with E-state index in [1.165, 1.54) is 12.1 Å². The molecule has 2 aromatic rings. The Morgan fingerprint density at radius 2 is 1.73 bits per heavy atom. The first-order valence-corrected chi connectivity index (χ1v) is 8.13. The third kappa shape index (κ3) is 5.23. The first kappa shape index (κ1) is 19.8. The SMILES string of the molecule is CC(NC(=O)CCNC(=O)c1ccc(F)cc1F)c1ccc(F)cc1Cl. The summed E-state index contributed by atoms with van der Waals surface area (Å²) in [4.78, 5) is 23.8. The summed E-state index contributed by atoms with van der Waals surface area (Å²) in [7, 11) is 0. The number of hydrogen-bond acceptors (Lipinski definition) is 2. The lowest BCUT2D eigenvalue weighted by Crippen LogP contribution is -2.32. The topological polar surface area (TPSA) is 58.2 Å². The molecule has 0 aliphatic carbocycles. The Balaban J connectivity index is 1.84. The van der Waals surface area contributed by atoms with Crippen LogP contribution in [-0.4, -0.2) is 18.4 Å². The fourth-order valence-electron chi connectivity index (χ4n) is 2.30. The van der Waals surface area contributed by atoms with E-state index < -0.39 is 29.4 Å². The van der Waals surface area contributed by atoms with Crippen LogP contribution in [0.25, 0.3) is 0 Å². The average Bonchev–Trinajstić information content (AvgIpc) is 2.54. The largest absolute Gasteiger partial charge is 0.351 e. The zero-order valence-electron chi connectivity index (χ0n) is 13.8. The second-order valence-corrected chi connectivity index (χ2v) is 5.99. The summed E-state index contributed by atoms with van der Waals surface area (Å²) >= 11 is 5.94. The molecular formula is C18H16ClF3N2O2. The first-order chi connectivity index (χ1) is 12.3. The molecule has 0 radical (unpaired) electrons. The molecule has 138 valence electrons. The third-order valence-corrected chi connectivity index (χ3v) is 3.95. The molecule has 0 spiro atoms. The van der Waals surface area contributed by atoms with Gasteiger partial charge < -0.3 is 10.6 Å². The van der Waals surface area contributed by atoms with Gasteiger partial charge in [-0.2, -0.15) is 0 Å². The van der Waals surface area contributed by atoms with Crippen LogP contribution < -0.4 is 10.6 Å². The van der Waals surface area contributed by atoms with Crippen LogP contribution in [0.15, 0.2) is 36.4 Å². The van der Waals surface area contributed by atoms with Crippen LogP contribution in [-0.2, 0) is 4.79 Å². The Morgan fingerprint density at radius 1 is 1.08 bits per heavy atom. The summed E-state index contributed by atoms with van der Waals surface area (Å²) in [5.41, 5.74) is 0.247. The number of rotatable bonds is 6. The first-order valence-electron chi connectivity index (χ1n) is 7.75. The number of benzene rings is 2. The summed E-state index contributed by atoms with van der Waals surface area (Å²) in [6.07, 6.45) is -0.0578. The fraction of sp³-hybridized carbons (Fsp3) is 0.222. The highest BCUT2D eigenvalue weighted by atomic mass is 35.5. The van der Waals surface area contributed by atoms with Crippen LogP contribution in [0.5, 0.6) is 0 Å². The molecule has 2 rings (SSSR count). The number of carbonyl (C=O) groups excluding carboxylic acids is 2. The number of nitrogens with one attached hydrogen (secondary N) is 2. The highest BCUT2D eigenvalue weighted by Gasteiger charge is 2.15. The zero-order valence-corrected chi connectivity index (χ0v) is 14.5. The van der Waals surface area contributed by atoms with E-state index in [2.05, 4.69) is 10.6 Å². The van der Waals surface area contributed by atoms with Gasteiger partial charge in [-0.1, -0.05) is 17.7 Å². The number of hydrogen-bond donors (Lipinski definition) is 2. The van der Waals surface area contributed by atoms with Crippen molar-refractivity contribution in [3.05, 3.63) is 70.0 Å². The van der Waals surface area contributed by atoms with Gasteiger partial charge in [-0.15, -0.1) is 0 Å². The van der Waals surface area contributed by atoms with E-state index in [-0.39, 0.29) is 29.5 Å². The monoisotopic (exact) mass is 384 g/mol. The molecule has 0 aromatic heterocycles. The van der Waals surface area contributed by atoms with E-state index in [1.54, 1.807) is 6.92 Å². The van der Waals surface area contributed by atoms with E-state index >= 15 is 0 Å². The second kappa shape index (κ2) is 8.71.